The molecule has 26 aromatic rings. The van der Waals surface area contributed by atoms with E-state index in [1.807, 2.05) is 97.1 Å². The lowest BCUT2D eigenvalue weighted by Gasteiger charge is -2.10. The van der Waals surface area contributed by atoms with Gasteiger partial charge in [-0.25, -0.2) is 15.0 Å². The molecule has 126 heavy (non-hydrogen) atoms. The maximum atomic E-state index is 6.36. The zero-order chi connectivity index (χ0) is 83.1. The maximum absolute atomic E-state index is 6.36. The van der Waals surface area contributed by atoms with Crippen LogP contribution < -0.4 is 0 Å². The van der Waals surface area contributed by atoms with Crippen LogP contribution in [0.5, 0.6) is 0 Å². The molecule has 0 saturated carbocycles. The first kappa shape index (κ1) is 72.8. The van der Waals surface area contributed by atoms with E-state index in [2.05, 4.69) is 347 Å². The molecule has 0 aliphatic heterocycles. The minimum Gasteiger partial charge on any atom is -0.438 e. The number of fused-ring (bicyclic) bond motifs is 18. The van der Waals surface area contributed by atoms with Crippen molar-refractivity contribution in [2.45, 2.75) is 0 Å². The number of benzene rings is 17. The van der Waals surface area contributed by atoms with Crippen molar-refractivity contribution in [2.24, 2.45) is 0 Å². The number of para-hydroxylation sites is 9. The summed E-state index contributed by atoms with van der Waals surface area (Å²) in [6, 6.07) is 149. The van der Waals surface area contributed by atoms with Gasteiger partial charge < -0.3 is 27.0 Å². The Labute approximate surface area is 721 Å². The molecule has 0 spiro atoms. The van der Waals surface area contributed by atoms with E-state index in [1.165, 1.54) is 54.4 Å². The lowest BCUT2D eigenvalue weighted by Crippen LogP contribution is -1.95. The average molecular weight is 1610 g/mol. The summed E-state index contributed by atoms with van der Waals surface area (Å²) >= 11 is 0. The van der Waals surface area contributed by atoms with Gasteiger partial charge in [0.15, 0.2) is 17.5 Å². The van der Waals surface area contributed by atoms with E-state index in [-0.39, 0.29) is 0 Å². The summed E-state index contributed by atoms with van der Waals surface area (Å²) in [6.07, 6.45) is 0. The van der Waals surface area contributed by atoms with Crippen molar-refractivity contribution < 1.29 is 13.3 Å². The molecule has 9 aromatic heterocycles. The number of rotatable bonds is 11. The number of aromatic nitrogens is 9. The molecule has 0 bridgehead atoms. The van der Waals surface area contributed by atoms with Crippen molar-refractivity contribution in [1.29, 1.82) is 0 Å². The Bertz CT molecular complexity index is 8700. The van der Waals surface area contributed by atoms with Crippen molar-refractivity contribution in [2.75, 3.05) is 0 Å². The quantitative estimate of drug-likeness (QED) is 0.124. The third-order valence-electron chi connectivity index (χ3n) is 24.1. The van der Waals surface area contributed by atoms with Gasteiger partial charge in [0.1, 0.15) is 16.7 Å². The normalized spacial score (nSPS) is 11.7. The first-order valence-corrected chi connectivity index (χ1v) is 42.2. The smallest absolute Gasteiger partial charge is 0.231 e. The number of hydrogen-bond donors (Lipinski definition) is 0. The third kappa shape index (κ3) is 12.6. The summed E-state index contributed by atoms with van der Waals surface area (Å²) in [7, 11) is 0. The summed E-state index contributed by atoms with van der Waals surface area (Å²) in [5.74, 6) is 1.92. The molecule has 9 heterocycles. The molecule has 17 aromatic carbocycles. The lowest BCUT2D eigenvalue weighted by atomic mass is 10.0. The van der Waals surface area contributed by atoms with Gasteiger partial charge in [0.25, 0.3) is 0 Å². The van der Waals surface area contributed by atoms with Gasteiger partial charge >= 0.3 is 0 Å². The van der Waals surface area contributed by atoms with Crippen LogP contribution in [0.3, 0.4) is 0 Å². The fraction of sp³-hybridized carbons (Fsp3) is 0. The first-order valence-electron chi connectivity index (χ1n) is 42.2. The zero-order valence-corrected chi connectivity index (χ0v) is 67.7. The molecule has 0 unspecified atom stereocenters. The van der Waals surface area contributed by atoms with E-state index >= 15 is 0 Å². The van der Waals surface area contributed by atoms with E-state index in [1.54, 1.807) is 0 Å². The van der Waals surface area contributed by atoms with Gasteiger partial charge in [0.2, 0.25) is 17.1 Å². The van der Waals surface area contributed by atoms with Gasteiger partial charge in [-0.15, -0.1) is 0 Å². The van der Waals surface area contributed by atoms with E-state index in [9.17, 15) is 0 Å². The van der Waals surface area contributed by atoms with Gasteiger partial charge in [-0.3, -0.25) is 0 Å². The van der Waals surface area contributed by atoms with Crippen LogP contribution in [0.4, 0.5) is 0 Å². The maximum Gasteiger partial charge on any atom is 0.231 e. The molecule has 12 heteroatoms. The molecule has 0 N–H and O–H groups in total. The minimum atomic E-state index is 0.586. The second-order valence-corrected chi connectivity index (χ2v) is 31.5. The van der Waals surface area contributed by atoms with E-state index in [4.69, 9.17) is 43.2 Å². The van der Waals surface area contributed by atoms with E-state index in [0.717, 1.165) is 150 Å². The SMILES string of the molecule is c1ccc(-c2ccc(-c3nc(-c4ccc5c(c4)c4ccccc4n5-c4ccccc4)c4c(n3)oc3ccccc34)cc2)cc1.c1ccc(-c2cccc(-c3nc(-c4ccc5c(c4)c4ccccc4n5-c4ccccc4)c4c(n3)oc3ccccc34)c2)cc1.c1ccc(-c2nc(-c3ccc4c(c3)c3ccccc3n4-c3ccccc3)c3c(n2)oc2ccccc23)cc1. The minimum absolute atomic E-state index is 0.586. The molecule has 0 radical (unpaired) electrons. The van der Waals surface area contributed by atoms with Crippen molar-refractivity contribution in [3.8, 4) is 107 Å². The highest BCUT2D eigenvalue weighted by molar-refractivity contribution is 6.18. The average Bonchev–Trinajstić information content (AvgIpc) is 1.58. The van der Waals surface area contributed by atoms with Gasteiger partial charge in [0, 0.05) is 98.9 Å². The van der Waals surface area contributed by atoms with Crippen LogP contribution in [-0.4, -0.2) is 43.6 Å². The molecule has 590 valence electrons. The van der Waals surface area contributed by atoms with Crippen LogP contribution >= 0.6 is 0 Å². The number of nitrogens with zero attached hydrogens (tertiary/aromatic N) is 9. The zero-order valence-electron chi connectivity index (χ0n) is 67.7. The summed E-state index contributed by atoms with van der Waals surface area (Å²) < 4.78 is 25.9. The van der Waals surface area contributed by atoms with Crippen molar-refractivity contribution >= 4 is 132 Å². The van der Waals surface area contributed by atoms with Crippen LogP contribution in [0.25, 0.3) is 239 Å². The van der Waals surface area contributed by atoms with Gasteiger partial charge in [-0.05, 0) is 138 Å². The molecule has 12 nitrogen and oxygen atoms in total. The topological polar surface area (TPSA) is 132 Å². The Hall–Kier alpha value is -17.2. The van der Waals surface area contributed by atoms with Gasteiger partial charge in [-0.1, -0.05) is 315 Å². The second kappa shape index (κ2) is 30.5. The standard InChI is InChI=1S/2C40H25N3O.C34H21N3O/c1-3-12-26(13-4-1)27-14-11-15-29(24-27)39-41-38(37-32-19-8-10-21-36(32)44-40(37)42-39)28-22-23-35-33(25-28)31-18-7-9-20-34(31)43(35)30-16-5-2-6-17-30;1-3-11-26(12-4-1)27-19-21-28(22-20-27)39-41-38(37-32-16-8-10-18-36(32)44-40(37)42-39)29-23-24-35-33(25-29)31-15-7-9-17-34(31)43(35)30-13-5-2-6-14-30;1-3-11-22(12-4-1)33-35-32(31-26-16-8-10-18-30(26)38-34(31)36-33)23-19-20-29-27(21-23)25-15-7-9-17-28(25)37(29)24-13-5-2-6-14-24/h2*1-25H;1-21H. The van der Waals surface area contributed by atoms with Crippen molar-refractivity contribution in [3.05, 3.63) is 431 Å². The summed E-state index contributed by atoms with van der Waals surface area (Å²) in [6.45, 7) is 0. The number of hydrogen-bond acceptors (Lipinski definition) is 9. The van der Waals surface area contributed by atoms with E-state index in [0.29, 0.717) is 34.6 Å². The lowest BCUT2D eigenvalue weighted by molar-refractivity contribution is 0.653. The Morgan fingerprint density at radius 2 is 0.405 bits per heavy atom. The highest BCUT2D eigenvalue weighted by Gasteiger charge is 2.26. The Balaban J connectivity index is 0.000000106. The van der Waals surface area contributed by atoms with Gasteiger partial charge in [-0.2, -0.15) is 15.0 Å². The first-order chi connectivity index (χ1) is 62.5. The predicted octanol–water partition coefficient (Wildman–Crippen LogP) is 29.8. The van der Waals surface area contributed by atoms with Crippen molar-refractivity contribution in [3.63, 3.8) is 0 Å². The Morgan fingerprint density at radius 3 is 0.770 bits per heavy atom. The molecular formula is C114H71N9O3. The summed E-state index contributed by atoms with van der Waals surface area (Å²) in [5.41, 5.74) is 27.7. The largest absolute Gasteiger partial charge is 0.438 e. The highest BCUT2D eigenvalue weighted by atomic mass is 16.3. The Kier molecular flexibility index (Phi) is 17.6. The van der Waals surface area contributed by atoms with Gasteiger partial charge in [0.05, 0.1) is 66.3 Å². The molecular weight excluding hydrogens is 1540 g/mol. The Morgan fingerprint density at radius 1 is 0.159 bits per heavy atom. The molecule has 0 aliphatic rings. The molecule has 0 atom stereocenters. The molecule has 0 fully saturated rings. The van der Waals surface area contributed by atoms with Crippen LogP contribution in [-0.2, 0) is 0 Å². The molecule has 0 amide bonds. The van der Waals surface area contributed by atoms with Crippen molar-refractivity contribution in [1.82, 2.24) is 43.6 Å². The van der Waals surface area contributed by atoms with Crippen LogP contribution in [0.2, 0.25) is 0 Å². The molecule has 0 aliphatic carbocycles. The summed E-state index contributed by atoms with van der Waals surface area (Å²) in [5, 5.41) is 13.0. The second-order valence-electron chi connectivity index (χ2n) is 31.5. The van der Waals surface area contributed by atoms with Crippen LogP contribution in [0.15, 0.2) is 444 Å². The molecule has 0 saturated heterocycles. The fourth-order valence-corrected chi connectivity index (χ4v) is 18.3. The van der Waals surface area contributed by atoms with Crippen LogP contribution in [0.1, 0.15) is 0 Å². The molecule has 26 rings (SSSR count). The monoisotopic (exact) mass is 1610 g/mol. The highest BCUT2D eigenvalue weighted by Crippen LogP contribution is 2.46. The van der Waals surface area contributed by atoms with E-state index < -0.39 is 0 Å². The predicted molar refractivity (Wildman–Crippen MR) is 514 cm³/mol. The third-order valence-corrected chi connectivity index (χ3v) is 24.1. The fourth-order valence-electron chi connectivity index (χ4n) is 18.3. The number of furan rings is 3. The summed E-state index contributed by atoms with van der Waals surface area (Å²) in [4.78, 5) is 30.4. The van der Waals surface area contributed by atoms with Crippen LogP contribution in [0, 0.1) is 0 Å².